The van der Waals surface area contributed by atoms with Crippen LogP contribution >= 0.6 is 0 Å². The lowest BCUT2D eigenvalue weighted by Crippen LogP contribution is -2.09. The molecule has 0 radical (unpaired) electrons. The summed E-state index contributed by atoms with van der Waals surface area (Å²) in [5.74, 6) is 0.156. The highest BCUT2D eigenvalue weighted by atomic mass is 16.5. The molecule has 0 aromatic carbocycles. The summed E-state index contributed by atoms with van der Waals surface area (Å²) in [4.78, 5) is 10.8. The van der Waals surface area contributed by atoms with Crippen LogP contribution in [0.25, 0.3) is 0 Å². The first-order chi connectivity index (χ1) is 9.08. The van der Waals surface area contributed by atoms with E-state index in [9.17, 15) is 4.79 Å². The van der Waals surface area contributed by atoms with Crippen LogP contribution in [0.1, 0.15) is 61.4 Å². The number of furan rings is 1. The zero-order chi connectivity index (χ0) is 14.3. The van der Waals surface area contributed by atoms with E-state index in [1.165, 1.54) is 19.3 Å². The van der Waals surface area contributed by atoms with Crippen molar-refractivity contribution in [3.8, 4) is 0 Å². The van der Waals surface area contributed by atoms with Crippen LogP contribution in [-0.2, 0) is 11.3 Å². The molecular formula is C15H24O4. The van der Waals surface area contributed by atoms with Gasteiger partial charge in [-0.15, -0.1) is 0 Å². The normalized spacial score (nSPS) is 12.6. The summed E-state index contributed by atoms with van der Waals surface area (Å²) in [6.07, 6.45) is 4.75. The fourth-order valence-electron chi connectivity index (χ4n) is 2.00. The molecule has 19 heavy (non-hydrogen) atoms. The van der Waals surface area contributed by atoms with Crippen molar-refractivity contribution in [3.63, 3.8) is 0 Å². The van der Waals surface area contributed by atoms with Crippen molar-refractivity contribution in [1.29, 1.82) is 0 Å². The van der Waals surface area contributed by atoms with Crippen molar-refractivity contribution in [2.75, 3.05) is 6.61 Å². The van der Waals surface area contributed by atoms with Gasteiger partial charge in [-0.2, -0.15) is 0 Å². The van der Waals surface area contributed by atoms with Crippen LogP contribution in [0.4, 0.5) is 0 Å². The largest absolute Gasteiger partial charge is 0.475 e. The molecule has 108 valence electrons. The number of unbranched alkanes of at least 4 members (excludes halogenated alkanes) is 1. The van der Waals surface area contributed by atoms with Crippen LogP contribution in [0.5, 0.6) is 0 Å². The molecule has 0 saturated carbocycles. The summed E-state index contributed by atoms with van der Waals surface area (Å²) in [6.45, 7) is 7.28. The predicted molar refractivity (Wildman–Crippen MR) is 73.4 cm³/mol. The van der Waals surface area contributed by atoms with Crippen molar-refractivity contribution in [1.82, 2.24) is 0 Å². The van der Waals surface area contributed by atoms with Gasteiger partial charge in [-0.05, 0) is 25.3 Å². The molecule has 0 amide bonds. The van der Waals surface area contributed by atoms with Crippen LogP contribution < -0.4 is 0 Å². The number of hydrogen-bond acceptors (Lipinski definition) is 3. The molecule has 0 aliphatic carbocycles. The van der Waals surface area contributed by atoms with Gasteiger partial charge in [0.2, 0.25) is 5.76 Å². The maximum atomic E-state index is 10.8. The molecule has 0 fully saturated rings. The van der Waals surface area contributed by atoms with E-state index in [4.69, 9.17) is 14.3 Å². The lowest BCUT2D eigenvalue weighted by molar-refractivity contribution is 0.0661. The Bertz CT molecular complexity index is 395. The van der Waals surface area contributed by atoms with Gasteiger partial charge in [0.15, 0.2) is 0 Å². The highest BCUT2D eigenvalue weighted by Gasteiger charge is 2.13. The van der Waals surface area contributed by atoms with Gasteiger partial charge >= 0.3 is 5.97 Å². The number of aromatic carboxylic acids is 1. The minimum absolute atomic E-state index is 0.0193. The fraction of sp³-hybridized carbons (Fsp3) is 0.667. The average molecular weight is 268 g/mol. The Kier molecular flexibility index (Phi) is 6.64. The van der Waals surface area contributed by atoms with E-state index in [0.717, 1.165) is 18.6 Å². The third-order valence-electron chi connectivity index (χ3n) is 3.39. The number of aryl methyl sites for hydroxylation is 1. The third kappa shape index (κ3) is 5.07. The molecule has 1 N–H and O–H groups in total. The second-order valence-corrected chi connectivity index (χ2v) is 4.93. The van der Waals surface area contributed by atoms with E-state index >= 15 is 0 Å². The molecule has 4 heteroatoms. The predicted octanol–water partition coefficient (Wildman–Crippen LogP) is 4.02. The Balaban J connectivity index is 2.41. The Labute approximate surface area is 114 Å². The third-order valence-corrected chi connectivity index (χ3v) is 3.39. The minimum Gasteiger partial charge on any atom is -0.475 e. The van der Waals surface area contributed by atoms with Crippen LogP contribution in [0.2, 0.25) is 0 Å². The molecule has 0 bridgehead atoms. The van der Waals surface area contributed by atoms with E-state index in [0.29, 0.717) is 18.3 Å². The van der Waals surface area contributed by atoms with Crippen molar-refractivity contribution in [2.24, 2.45) is 5.92 Å². The standard InChI is InChI=1S/C15H24O4/c1-4-6-7-12(5-2)9-18-10-13-8-14(15(16)17)19-11(13)3/h8,12H,4-7,9-10H2,1-3H3,(H,16,17). The molecule has 4 nitrogen and oxygen atoms in total. The number of carbonyl (C=O) groups is 1. The van der Waals surface area contributed by atoms with Crippen molar-refractivity contribution < 1.29 is 19.1 Å². The Hall–Kier alpha value is -1.29. The Morgan fingerprint density at radius 2 is 2.21 bits per heavy atom. The topological polar surface area (TPSA) is 59.7 Å². The molecule has 0 spiro atoms. The summed E-state index contributed by atoms with van der Waals surface area (Å²) in [5.41, 5.74) is 0.822. The molecule has 0 aliphatic rings. The SMILES string of the molecule is CCCCC(CC)COCc1cc(C(=O)O)oc1C. The summed E-state index contributed by atoms with van der Waals surface area (Å²) < 4.78 is 10.8. The van der Waals surface area contributed by atoms with Crippen molar-refractivity contribution in [2.45, 2.75) is 53.1 Å². The average Bonchev–Trinajstić information content (AvgIpc) is 2.75. The van der Waals surface area contributed by atoms with E-state index in [2.05, 4.69) is 13.8 Å². The maximum Gasteiger partial charge on any atom is 0.371 e. The quantitative estimate of drug-likeness (QED) is 0.734. The summed E-state index contributed by atoms with van der Waals surface area (Å²) in [7, 11) is 0. The van der Waals surface area contributed by atoms with Gasteiger partial charge < -0.3 is 14.3 Å². The minimum atomic E-state index is -1.04. The number of carboxylic acid groups (broad SMARTS) is 1. The first-order valence-electron chi connectivity index (χ1n) is 6.98. The Morgan fingerprint density at radius 1 is 1.47 bits per heavy atom. The maximum absolute atomic E-state index is 10.8. The van der Waals surface area contributed by atoms with Gasteiger partial charge in [0.05, 0.1) is 6.61 Å². The van der Waals surface area contributed by atoms with Crippen molar-refractivity contribution >= 4 is 5.97 Å². The molecular weight excluding hydrogens is 244 g/mol. The lowest BCUT2D eigenvalue weighted by atomic mass is 10.0. The van der Waals surface area contributed by atoms with E-state index in [1.54, 1.807) is 13.0 Å². The molecule has 1 atom stereocenters. The van der Waals surface area contributed by atoms with Crippen molar-refractivity contribution in [3.05, 3.63) is 23.2 Å². The number of carboxylic acids is 1. The van der Waals surface area contributed by atoms with E-state index in [1.807, 2.05) is 0 Å². The highest BCUT2D eigenvalue weighted by Crippen LogP contribution is 2.18. The van der Waals surface area contributed by atoms with Gasteiger partial charge in [-0.3, -0.25) is 0 Å². The van der Waals surface area contributed by atoms with E-state index in [-0.39, 0.29) is 5.76 Å². The zero-order valence-electron chi connectivity index (χ0n) is 12.1. The molecule has 1 heterocycles. The summed E-state index contributed by atoms with van der Waals surface area (Å²) in [5, 5.41) is 8.84. The molecule has 1 aromatic rings. The van der Waals surface area contributed by atoms with Gasteiger partial charge in [0.25, 0.3) is 0 Å². The molecule has 1 aromatic heterocycles. The second-order valence-electron chi connectivity index (χ2n) is 4.93. The summed E-state index contributed by atoms with van der Waals surface area (Å²) in [6, 6.07) is 1.55. The number of ether oxygens (including phenoxy) is 1. The zero-order valence-corrected chi connectivity index (χ0v) is 12.1. The van der Waals surface area contributed by atoms with Crippen LogP contribution in [-0.4, -0.2) is 17.7 Å². The number of hydrogen-bond donors (Lipinski definition) is 1. The van der Waals surface area contributed by atoms with E-state index < -0.39 is 5.97 Å². The molecule has 0 aliphatic heterocycles. The van der Waals surface area contributed by atoms with Gasteiger partial charge in [-0.1, -0.05) is 33.1 Å². The first-order valence-corrected chi connectivity index (χ1v) is 6.98. The van der Waals surface area contributed by atoms with Gasteiger partial charge in [-0.25, -0.2) is 4.79 Å². The number of rotatable bonds is 9. The monoisotopic (exact) mass is 268 g/mol. The first kappa shape index (κ1) is 15.8. The van der Waals surface area contributed by atoms with Crippen LogP contribution in [0.3, 0.4) is 0 Å². The Morgan fingerprint density at radius 3 is 2.74 bits per heavy atom. The second kappa shape index (κ2) is 8.00. The molecule has 0 saturated heterocycles. The van der Waals surface area contributed by atoms with Gasteiger partial charge in [0, 0.05) is 12.2 Å². The summed E-state index contributed by atoms with van der Waals surface area (Å²) >= 11 is 0. The van der Waals surface area contributed by atoms with Crippen LogP contribution in [0.15, 0.2) is 10.5 Å². The van der Waals surface area contributed by atoms with Crippen LogP contribution in [0, 0.1) is 12.8 Å². The lowest BCUT2D eigenvalue weighted by Gasteiger charge is -2.14. The molecule has 1 rings (SSSR count). The van der Waals surface area contributed by atoms with Gasteiger partial charge in [0.1, 0.15) is 5.76 Å². The smallest absolute Gasteiger partial charge is 0.371 e. The fourth-order valence-corrected chi connectivity index (χ4v) is 2.00. The molecule has 1 unspecified atom stereocenters. The highest BCUT2D eigenvalue weighted by molar-refractivity contribution is 5.84.